The zero-order valence-corrected chi connectivity index (χ0v) is 13.6. The third-order valence-electron chi connectivity index (χ3n) is 3.77. The van der Waals surface area contributed by atoms with Gasteiger partial charge in [-0.25, -0.2) is 0 Å². The molecule has 20 heavy (non-hydrogen) atoms. The lowest BCUT2D eigenvalue weighted by Gasteiger charge is -2.34. The maximum absolute atomic E-state index is 6.42. The SMILES string of the molecule is CC(C)CNCc1ccc(N2CCN(C)CC2)cc1Cl. The Morgan fingerprint density at radius 2 is 1.90 bits per heavy atom. The second-order valence-electron chi connectivity index (χ2n) is 6.09. The van der Waals surface area contributed by atoms with Gasteiger partial charge in [-0.05, 0) is 37.2 Å². The van der Waals surface area contributed by atoms with Crippen molar-refractivity contribution in [2.24, 2.45) is 5.92 Å². The summed E-state index contributed by atoms with van der Waals surface area (Å²) >= 11 is 6.42. The second-order valence-corrected chi connectivity index (χ2v) is 6.50. The number of rotatable bonds is 5. The summed E-state index contributed by atoms with van der Waals surface area (Å²) in [7, 11) is 2.17. The highest BCUT2D eigenvalue weighted by Crippen LogP contribution is 2.24. The van der Waals surface area contributed by atoms with Gasteiger partial charge in [-0.1, -0.05) is 31.5 Å². The lowest BCUT2D eigenvalue weighted by atomic mass is 10.1. The molecule has 0 radical (unpaired) electrons. The average Bonchev–Trinajstić information content (AvgIpc) is 2.41. The standard InChI is InChI=1S/C16H26ClN3/c1-13(2)11-18-12-14-4-5-15(10-16(14)17)20-8-6-19(3)7-9-20/h4-5,10,13,18H,6-9,11-12H2,1-3H3. The van der Waals surface area contributed by atoms with Gasteiger partial charge >= 0.3 is 0 Å². The molecule has 4 heteroatoms. The van der Waals surface area contributed by atoms with Gasteiger partial charge < -0.3 is 15.1 Å². The van der Waals surface area contributed by atoms with Crippen molar-refractivity contribution in [2.75, 3.05) is 44.7 Å². The molecule has 112 valence electrons. The van der Waals surface area contributed by atoms with Crippen LogP contribution in [0.4, 0.5) is 5.69 Å². The van der Waals surface area contributed by atoms with E-state index in [9.17, 15) is 0 Å². The van der Waals surface area contributed by atoms with Crippen molar-refractivity contribution < 1.29 is 0 Å². The van der Waals surface area contributed by atoms with Gasteiger partial charge in [0.1, 0.15) is 0 Å². The zero-order valence-electron chi connectivity index (χ0n) is 12.8. The fourth-order valence-electron chi connectivity index (χ4n) is 2.44. The lowest BCUT2D eigenvalue weighted by molar-refractivity contribution is 0.313. The summed E-state index contributed by atoms with van der Waals surface area (Å²) in [5, 5.41) is 4.31. The van der Waals surface area contributed by atoms with Gasteiger partial charge in [-0.15, -0.1) is 0 Å². The monoisotopic (exact) mass is 295 g/mol. The third-order valence-corrected chi connectivity index (χ3v) is 4.12. The fraction of sp³-hybridized carbons (Fsp3) is 0.625. The Hall–Kier alpha value is -0.770. The maximum Gasteiger partial charge on any atom is 0.0471 e. The Labute approximate surface area is 127 Å². The van der Waals surface area contributed by atoms with Crippen LogP contribution in [0.2, 0.25) is 5.02 Å². The molecule has 1 aliphatic heterocycles. The number of benzene rings is 1. The van der Waals surface area contributed by atoms with Crippen molar-refractivity contribution in [1.29, 1.82) is 0 Å². The molecule has 1 aliphatic rings. The molecule has 3 nitrogen and oxygen atoms in total. The number of anilines is 1. The molecular formula is C16H26ClN3. The van der Waals surface area contributed by atoms with Gasteiger partial charge in [-0.2, -0.15) is 0 Å². The van der Waals surface area contributed by atoms with Crippen LogP contribution in [0.15, 0.2) is 18.2 Å². The molecule has 0 spiro atoms. The summed E-state index contributed by atoms with van der Waals surface area (Å²) in [6.07, 6.45) is 0. The normalized spacial score (nSPS) is 16.9. The molecule has 0 saturated carbocycles. The van der Waals surface area contributed by atoms with Crippen molar-refractivity contribution in [3.05, 3.63) is 28.8 Å². The average molecular weight is 296 g/mol. The minimum atomic E-state index is 0.665. The van der Waals surface area contributed by atoms with Crippen molar-refractivity contribution in [2.45, 2.75) is 20.4 Å². The summed E-state index contributed by atoms with van der Waals surface area (Å²) < 4.78 is 0. The van der Waals surface area contributed by atoms with E-state index < -0.39 is 0 Å². The molecule has 0 atom stereocenters. The number of hydrogen-bond acceptors (Lipinski definition) is 3. The van der Waals surface area contributed by atoms with Crippen LogP contribution in [0.1, 0.15) is 19.4 Å². The van der Waals surface area contributed by atoms with E-state index in [2.05, 4.69) is 54.2 Å². The van der Waals surface area contributed by atoms with E-state index in [-0.39, 0.29) is 0 Å². The summed E-state index contributed by atoms with van der Waals surface area (Å²) in [6, 6.07) is 6.46. The number of likely N-dealkylation sites (N-methyl/N-ethyl adjacent to an activating group) is 1. The topological polar surface area (TPSA) is 18.5 Å². The number of halogens is 1. The molecule has 1 heterocycles. The van der Waals surface area contributed by atoms with Gasteiger partial charge in [-0.3, -0.25) is 0 Å². The zero-order chi connectivity index (χ0) is 14.5. The Morgan fingerprint density at radius 1 is 1.20 bits per heavy atom. The van der Waals surface area contributed by atoms with Crippen LogP contribution in [-0.4, -0.2) is 44.7 Å². The van der Waals surface area contributed by atoms with Crippen LogP contribution in [0.25, 0.3) is 0 Å². The van der Waals surface area contributed by atoms with Crippen LogP contribution >= 0.6 is 11.6 Å². The van der Waals surface area contributed by atoms with E-state index in [0.717, 1.165) is 44.3 Å². The lowest BCUT2D eigenvalue weighted by Crippen LogP contribution is -2.44. The second kappa shape index (κ2) is 7.30. The first-order valence-electron chi connectivity index (χ1n) is 7.49. The van der Waals surface area contributed by atoms with Crippen molar-refractivity contribution >= 4 is 17.3 Å². The predicted molar refractivity (Wildman–Crippen MR) is 87.7 cm³/mol. The quantitative estimate of drug-likeness (QED) is 0.901. The van der Waals surface area contributed by atoms with Crippen LogP contribution in [0, 0.1) is 5.92 Å². The smallest absolute Gasteiger partial charge is 0.0471 e. The Bertz CT molecular complexity index is 426. The van der Waals surface area contributed by atoms with Gasteiger partial charge in [0.15, 0.2) is 0 Å². The summed E-state index contributed by atoms with van der Waals surface area (Å²) in [5.74, 6) is 0.665. The number of piperazine rings is 1. The molecule has 0 aromatic heterocycles. The van der Waals surface area contributed by atoms with E-state index in [1.807, 2.05) is 0 Å². The first kappa shape index (κ1) is 15.6. The maximum atomic E-state index is 6.42. The molecule has 0 amide bonds. The molecule has 1 fully saturated rings. The Balaban J connectivity index is 1.95. The van der Waals surface area contributed by atoms with Crippen LogP contribution < -0.4 is 10.2 Å². The highest BCUT2D eigenvalue weighted by molar-refractivity contribution is 6.31. The highest BCUT2D eigenvalue weighted by atomic mass is 35.5. The number of hydrogen-bond donors (Lipinski definition) is 1. The molecule has 1 N–H and O–H groups in total. The van der Waals surface area contributed by atoms with Crippen molar-refractivity contribution in [1.82, 2.24) is 10.2 Å². The van der Waals surface area contributed by atoms with E-state index in [0.29, 0.717) is 5.92 Å². The van der Waals surface area contributed by atoms with Gasteiger partial charge in [0, 0.05) is 43.4 Å². The van der Waals surface area contributed by atoms with E-state index in [4.69, 9.17) is 11.6 Å². The first-order valence-corrected chi connectivity index (χ1v) is 7.86. The summed E-state index contributed by atoms with van der Waals surface area (Å²) in [6.45, 7) is 10.7. The van der Waals surface area contributed by atoms with Crippen LogP contribution in [-0.2, 0) is 6.54 Å². The van der Waals surface area contributed by atoms with Crippen molar-refractivity contribution in [3.63, 3.8) is 0 Å². The summed E-state index contributed by atoms with van der Waals surface area (Å²) in [5.41, 5.74) is 2.43. The number of nitrogens with zero attached hydrogens (tertiary/aromatic N) is 2. The molecule has 1 saturated heterocycles. The largest absolute Gasteiger partial charge is 0.369 e. The van der Waals surface area contributed by atoms with E-state index in [1.165, 1.54) is 11.3 Å². The highest BCUT2D eigenvalue weighted by Gasteiger charge is 2.15. The third kappa shape index (κ3) is 4.37. The molecule has 0 unspecified atom stereocenters. The predicted octanol–water partition coefficient (Wildman–Crippen LogP) is 2.84. The minimum Gasteiger partial charge on any atom is -0.369 e. The Kier molecular flexibility index (Phi) is 5.70. The molecular weight excluding hydrogens is 270 g/mol. The van der Waals surface area contributed by atoms with E-state index in [1.54, 1.807) is 0 Å². The van der Waals surface area contributed by atoms with Crippen LogP contribution in [0.5, 0.6) is 0 Å². The summed E-state index contributed by atoms with van der Waals surface area (Å²) in [4.78, 5) is 4.78. The number of nitrogens with one attached hydrogen (secondary N) is 1. The molecule has 0 bridgehead atoms. The molecule has 0 aliphatic carbocycles. The van der Waals surface area contributed by atoms with Gasteiger partial charge in [0.25, 0.3) is 0 Å². The molecule has 2 rings (SSSR count). The molecule has 1 aromatic rings. The fourth-order valence-corrected chi connectivity index (χ4v) is 2.68. The minimum absolute atomic E-state index is 0.665. The van der Waals surface area contributed by atoms with Crippen molar-refractivity contribution in [3.8, 4) is 0 Å². The van der Waals surface area contributed by atoms with E-state index >= 15 is 0 Å². The van der Waals surface area contributed by atoms with Gasteiger partial charge in [0.2, 0.25) is 0 Å². The first-order chi connectivity index (χ1) is 9.56. The van der Waals surface area contributed by atoms with Gasteiger partial charge in [0.05, 0.1) is 0 Å². The Morgan fingerprint density at radius 3 is 2.50 bits per heavy atom. The van der Waals surface area contributed by atoms with Crippen LogP contribution in [0.3, 0.4) is 0 Å². The molecule has 1 aromatic carbocycles.